The van der Waals surface area contributed by atoms with Crippen LogP contribution in [-0.4, -0.2) is 29.7 Å². The number of nitrogens with zero attached hydrogens (tertiary/aromatic N) is 1. The third-order valence-electron chi connectivity index (χ3n) is 2.94. The summed E-state index contributed by atoms with van der Waals surface area (Å²) in [6.45, 7) is 0.574. The van der Waals surface area contributed by atoms with Crippen LogP contribution in [0.3, 0.4) is 0 Å². The van der Waals surface area contributed by atoms with E-state index in [0.717, 1.165) is 12.1 Å². The van der Waals surface area contributed by atoms with E-state index >= 15 is 0 Å². The van der Waals surface area contributed by atoms with Crippen molar-refractivity contribution in [1.82, 2.24) is 4.90 Å². The Hall–Kier alpha value is -1.37. The number of hydrogen-bond acceptors (Lipinski definition) is 2. The van der Waals surface area contributed by atoms with Crippen LogP contribution in [-0.2, 0) is 6.54 Å². The average Bonchev–Trinajstić information content (AvgIpc) is 3.13. The van der Waals surface area contributed by atoms with E-state index in [1.807, 2.05) is 0 Å². The van der Waals surface area contributed by atoms with Crippen molar-refractivity contribution >= 4 is 0 Å². The Morgan fingerprint density at radius 2 is 2.24 bits per heavy atom. The highest BCUT2D eigenvalue weighted by molar-refractivity contribution is 5.38. The minimum atomic E-state index is -0.330. The van der Waals surface area contributed by atoms with Gasteiger partial charge in [-0.2, -0.15) is 0 Å². The van der Waals surface area contributed by atoms with Gasteiger partial charge in [0.15, 0.2) is 0 Å². The monoisotopic (exact) mass is 233 g/mol. The Bertz CT molecular complexity index is 457. The second-order valence-electron chi connectivity index (χ2n) is 4.42. The first-order chi connectivity index (χ1) is 8.20. The van der Waals surface area contributed by atoms with Gasteiger partial charge in [-0.15, -0.1) is 0 Å². The SMILES string of the molecule is CN(Cc1ccc(F)c(C#CCO)c1)C1CC1. The van der Waals surface area contributed by atoms with Crippen molar-refractivity contribution in [2.45, 2.75) is 25.4 Å². The van der Waals surface area contributed by atoms with E-state index in [2.05, 4.69) is 23.8 Å². The van der Waals surface area contributed by atoms with Gasteiger partial charge in [-0.25, -0.2) is 4.39 Å². The largest absolute Gasteiger partial charge is 0.384 e. The van der Waals surface area contributed by atoms with Crippen LogP contribution >= 0.6 is 0 Å². The first kappa shape index (κ1) is 12.1. The summed E-state index contributed by atoms with van der Waals surface area (Å²) in [6.07, 6.45) is 2.52. The Kier molecular flexibility index (Phi) is 3.78. The Morgan fingerprint density at radius 1 is 1.47 bits per heavy atom. The molecule has 0 atom stereocenters. The molecule has 0 unspecified atom stereocenters. The van der Waals surface area contributed by atoms with E-state index in [1.54, 1.807) is 12.1 Å². The summed E-state index contributed by atoms with van der Waals surface area (Å²) in [4.78, 5) is 2.27. The summed E-state index contributed by atoms with van der Waals surface area (Å²) in [6, 6.07) is 5.68. The molecule has 1 N–H and O–H groups in total. The summed E-state index contributed by atoms with van der Waals surface area (Å²) >= 11 is 0. The predicted octanol–water partition coefficient (Wildman–Crippen LogP) is 1.76. The van der Waals surface area contributed by atoms with Crippen LogP contribution in [0.4, 0.5) is 4.39 Å². The molecule has 2 rings (SSSR count). The Morgan fingerprint density at radius 3 is 2.88 bits per heavy atom. The van der Waals surface area contributed by atoms with Crippen molar-refractivity contribution in [1.29, 1.82) is 0 Å². The number of benzene rings is 1. The van der Waals surface area contributed by atoms with Crippen LogP contribution in [0.25, 0.3) is 0 Å². The highest BCUT2D eigenvalue weighted by Gasteiger charge is 2.25. The molecule has 1 aliphatic rings. The normalized spacial score (nSPS) is 14.6. The molecule has 2 nitrogen and oxygen atoms in total. The van der Waals surface area contributed by atoms with Crippen molar-refractivity contribution in [2.24, 2.45) is 0 Å². The lowest BCUT2D eigenvalue weighted by molar-refractivity contribution is 0.316. The second-order valence-corrected chi connectivity index (χ2v) is 4.42. The van der Waals surface area contributed by atoms with E-state index in [-0.39, 0.29) is 12.4 Å². The smallest absolute Gasteiger partial charge is 0.138 e. The van der Waals surface area contributed by atoms with E-state index in [4.69, 9.17) is 5.11 Å². The molecular weight excluding hydrogens is 217 g/mol. The molecule has 3 heteroatoms. The summed E-state index contributed by atoms with van der Waals surface area (Å²) in [5.41, 5.74) is 1.42. The molecule has 1 saturated carbocycles. The number of hydrogen-bond donors (Lipinski definition) is 1. The highest BCUT2D eigenvalue weighted by Crippen LogP contribution is 2.26. The maximum absolute atomic E-state index is 13.4. The van der Waals surface area contributed by atoms with Gasteiger partial charge in [0.2, 0.25) is 0 Å². The summed E-state index contributed by atoms with van der Waals surface area (Å²) < 4.78 is 13.4. The second kappa shape index (κ2) is 5.31. The predicted molar refractivity (Wildman–Crippen MR) is 64.9 cm³/mol. The number of aliphatic hydroxyl groups is 1. The first-order valence-corrected chi connectivity index (χ1v) is 5.79. The molecule has 0 radical (unpaired) electrons. The van der Waals surface area contributed by atoms with Gasteiger partial charge in [0.25, 0.3) is 0 Å². The molecule has 1 aromatic carbocycles. The molecule has 1 fully saturated rings. The zero-order chi connectivity index (χ0) is 12.3. The quantitative estimate of drug-likeness (QED) is 0.804. The van der Waals surface area contributed by atoms with Crippen molar-refractivity contribution < 1.29 is 9.50 Å². The van der Waals surface area contributed by atoms with Crippen LogP contribution in [0.5, 0.6) is 0 Å². The number of rotatable bonds is 3. The summed E-state index contributed by atoms with van der Waals surface area (Å²) in [7, 11) is 2.08. The van der Waals surface area contributed by atoms with Crippen LogP contribution < -0.4 is 0 Å². The molecule has 0 bridgehead atoms. The van der Waals surface area contributed by atoms with Crippen LogP contribution in [0.2, 0.25) is 0 Å². The van der Waals surface area contributed by atoms with Gasteiger partial charge in [0, 0.05) is 12.6 Å². The van der Waals surface area contributed by atoms with Crippen LogP contribution in [0, 0.1) is 17.7 Å². The average molecular weight is 233 g/mol. The lowest BCUT2D eigenvalue weighted by Gasteiger charge is -2.15. The van der Waals surface area contributed by atoms with E-state index in [0.29, 0.717) is 11.6 Å². The van der Waals surface area contributed by atoms with Gasteiger partial charge in [0.1, 0.15) is 12.4 Å². The van der Waals surface area contributed by atoms with E-state index < -0.39 is 0 Å². The molecular formula is C14H16FNO. The minimum Gasteiger partial charge on any atom is -0.384 e. The van der Waals surface area contributed by atoms with Gasteiger partial charge in [-0.05, 0) is 37.6 Å². The molecule has 90 valence electrons. The van der Waals surface area contributed by atoms with Gasteiger partial charge in [0.05, 0.1) is 5.56 Å². The van der Waals surface area contributed by atoms with Crippen molar-refractivity contribution in [2.75, 3.05) is 13.7 Å². The summed E-state index contributed by atoms with van der Waals surface area (Å²) in [5, 5.41) is 8.61. The summed E-state index contributed by atoms with van der Waals surface area (Å²) in [5.74, 6) is 4.77. The fourth-order valence-corrected chi connectivity index (χ4v) is 1.83. The fraction of sp³-hybridized carbons (Fsp3) is 0.429. The van der Waals surface area contributed by atoms with Crippen molar-refractivity contribution in [3.63, 3.8) is 0 Å². The van der Waals surface area contributed by atoms with Gasteiger partial charge in [-0.1, -0.05) is 17.9 Å². The zero-order valence-corrected chi connectivity index (χ0v) is 9.91. The molecule has 1 aliphatic carbocycles. The molecule has 0 spiro atoms. The van der Waals surface area contributed by atoms with Crippen LogP contribution in [0.1, 0.15) is 24.0 Å². The molecule has 0 aliphatic heterocycles. The minimum absolute atomic E-state index is 0.244. The highest BCUT2D eigenvalue weighted by atomic mass is 19.1. The van der Waals surface area contributed by atoms with Gasteiger partial charge < -0.3 is 5.11 Å². The molecule has 17 heavy (non-hydrogen) atoms. The molecule has 0 aromatic heterocycles. The molecule has 0 amide bonds. The maximum atomic E-state index is 13.4. The third-order valence-corrected chi connectivity index (χ3v) is 2.94. The van der Waals surface area contributed by atoms with Crippen molar-refractivity contribution in [3.8, 4) is 11.8 Å². The first-order valence-electron chi connectivity index (χ1n) is 5.79. The standard InChI is InChI=1S/C14H16FNO/c1-16(13-5-6-13)10-11-4-7-14(15)12(9-11)3-2-8-17/h4,7,9,13,17H,5-6,8,10H2,1H3. The van der Waals surface area contributed by atoms with E-state index in [9.17, 15) is 4.39 Å². The lowest BCUT2D eigenvalue weighted by atomic mass is 10.1. The zero-order valence-electron chi connectivity index (χ0n) is 9.91. The fourth-order valence-electron chi connectivity index (χ4n) is 1.83. The third kappa shape index (κ3) is 3.29. The van der Waals surface area contributed by atoms with E-state index in [1.165, 1.54) is 18.9 Å². The van der Waals surface area contributed by atoms with Crippen LogP contribution in [0.15, 0.2) is 18.2 Å². The lowest BCUT2D eigenvalue weighted by Crippen LogP contribution is -2.19. The van der Waals surface area contributed by atoms with Gasteiger partial charge in [-0.3, -0.25) is 4.90 Å². The van der Waals surface area contributed by atoms with Gasteiger partial charge >= 0.3 is 0 Å². The number of halogens is 1. The molecule has 0 saturated heterocycles. The van der Waals surface area contributed by atoms with Crippen molar-refractivity contribution in [3.05, 3.63) is 35.1 Å². The molecule has 1 aromatic rings. The topological polar surface area (TPSA) is 23.5 Å². The molecule has 0 heterocycles. The Balaban J connectivity index is 2.12. The number of aliphatic hydroxyl groups excluding tert-OH is 1. The Labute approximate surface area is 101 Å². The maximum Gasteiger partial charge on any atom is 0.138 e.